The Morgan fingerprint density at radius 3 is 2.34 bits per heavy atom. The van der Waals surface area contributed by atoms with Crippen LogP contribution >= 0.6 is 0 Å². The predicted octanol–water partition coefficient (Wildman–Crippen LogP) is 5.57. The third kappa shape index (κ3) is 7.28. The first-order valence-electron chi connectivity index (χ1n) is 11.8. The van der Waals surface area contributed by atoms with Gasteiger partial charge < -0.3 is 19.3 Å². The smallest absolute Gasteiger partial charge is 0.189 e. The fraction of sp³-hybridized carbons (Fsp3) is 0.300. The summed E-state index contributed by atoms with van der Waals surface area (Å²) in [5, 5.41) is 0. The molecule has 0 aliphatic rings. The van der Waals surface area contributed by atoms with Crippen LogP contribution in [0.4, 0.5) is 0 Å². The Balaban J connectivity index is 1.93. The highest BCUT2D eigenvalue weighted by atomic mass is 16.5. The SMILES string of the molecule is COc1ccc(/C=C/C(=O)c2cc(-c3ccccc3C)ccc2OCCN(C)C)cc1CN(C)C. The summed E-state index contributed by atoms with van der Waals surface area (Å²) >= 11 is 0. The predicted molar refractivity (Wildman–Crippen MR) is 144 cm³/mol. The van der Waals surface area contributed by atoms with Crippen LogP contribution in [0.25, 0.3) is 17.2 Å². The van der Waals surface area contributed by atoms with Gasteiger partial charge in [-0.3, -0.25) is 4.79 Å². The Morgan fingerprint density at radius 2 is 1.66 bits per heavy atom. The summed E-state index contributed by atoms with van der Waals surface area (Å²) in [6, 6.07) is 20.0. The summed E-state index contributed by atoms with van der Waals surface area (Å²) in [6.45, 7) is 4.10. The van der Waals surface area contributed by atoms with Crippen molar-refractivity contribution in [1.29, 1.82) is 0 Å². The molecule has 0 amide bonds. The average molecular weight is 473 g/mol. The second kappa shape index (κ2) is 12.3. The third-order valence-electron chi connectivity index (χ3n) is 5.72. The number of rotatable bonds is 11. The van der Waals surface area contributed by atoms with Gasteiger partial charge >= 0.3 is 0 Å². The van der Waals surface area contributed by atoms with Crippen molar-refractivity contribution < 1.29 is 14.3 Å². The summed E-state index contributed by atoms with van der Waals surface area (Å²) in [6.07, 6.45) is 3.47. The molecule has 0 atom stereocenters. The molecule has 3 aromatic rings. The number of carbonyl (C=O) groups excluding carboxylic acids is 1. The second-order valence-electron chi connectivity index (χ2n) is 9.18. The molecule has 0 saturated carbocycles. The van der Waals surface area contributed by atoms with Gasteiger partial charge in [-0.1, -0.05) is 42.5 Å². The first-order valence-corrected chi connectivity index (χ1v) is 11.8. The number of aryl methyl sites for hydroxylation is 1. The molecule has 5 heteroatoms. The van der Waals surface area contributed by atoms with Gasteiger partial charge in [0.1, 0.15) is 18.1 Å². The summed E-state index contributed by atoms with van der Waals surface area (Å²) < 4.78 is 11.5. The quantitative estimate of drug-likeness (QED) is 0.270. The molecule has 0 aromatic heterocycles. The molecule has 0 aliphatic carbocycles. The van der Waals surface area contributed by atoms with Crippen LogP contribution in [0.5, 0.6) is 11.5 Å². The Labute approximate surface area is 209 Å². The van der Waals surface area contributed by atoms with Gasteiger partial charge in [0.15, 0.2) is 5.78 Å². The van der Waals surface area contributed by atoms with E-state index >= 15 is 0 Å². The molecule has 0 bridgehead atoms. The van der Waals surface area contributed by atoms with E-state index in [0.717, 1.165) is 46.7 Å². The zero-order chi connectivity index (χ0) is 25.4. The number of likely N-dealkylation sites (N-methyl/N-ethyl adjacent to an activating group) is 1. The van der Waals surface area contributed by atoms with Crippen LogP contribution in [0.1, 0.15) is 27.0 Å². The van der Waals surface area contributed by atoms with Gasteiger partial charge in [-0.25, -0.2) is 0 Å². The molecular formula is C30H36N2O3. The van der Waals surface area contributed by atoms with E-state index in [0.29, 0.717) is 17.9 Å². The van der Waals surface area contributed by atoms with Crippen molar-refractivity contribution in [1.82, 2.24) is 9.80 Å². The first-order chi connectivity index (χ1) is 16.8. The van der Waals surface area contributed by atoms with Crippen LogP contribution in [0.2, 0.25) is 0 Å². The van der Waals surface area contributed by atoms with Crippen molar-refractivity contribution in [3.05, 3.63) is 89.0 Å². The number of nitrogens with zero attached hydrogens (tertiary/aromatic N) is 2. The number of carbonyl (C=O) groups is 1. The van der Waals surface area contributed by atoms with E-state index in [9.17, 15) is 4.79 Å². The number of ketones is 1. The molecule has 3 rings (SSSR count). The summed E-state index contributed by atoms with van der Waals surface area (Å²) in [5.41, 5.74) is 5.84. The molecule has 0 spiro atoms. The van der Waals surface area contributed by atoms with Crippen LogP contribution in [0.15, 0.2) is 66.7 Å². The van der Waals surface area contributed by atoms with Crippen molar-refractivity contribution >= 4 is 11.9 Å². The minimum absolute atomic E-state index is 0.0923. The number of hydrogen-bond acceptors (Lipinski definition) is 5. The normalized spacial score (nSPS) is 11.4. The maximum atomic E-state index is 13.4. The zero-order valence-corrected chi connectivity index (χ0v) is 21.7. The fourth-order valence-electron chi connectivity index (χ4n) is 3.88. The second-order valence-corrected chi connectivity index (χ2v) is 9.18. The highest BCUT2D eigenvalue weighted by Gasteiger charge is 2.14. The van der Waals surface area contributed by atoms with Crippen LogP contribution in [0, 0.1) is 6.92 Å². The maximum Gasteiger partial charge on any atom is 0.189 e. The van der Waals surface area contributed by atoms with Gasteiger partial charge in [0.2, 0.25) is 0 Å². The van der Waals surface area contributed by atoms with Crippen molar-refractivity contribution in [2.24, 2.45) is 0 Å². The van der Waals surface area contributed by atoms with Gasteiger partial charge in [0.25, 0.3) is 0 Å². The minimum Gasteiger partial charge on any atom is -0.496 e. The lowest BCUT2D eigenvalue weighted by molar-refractivity contribution is 0.104. The Bertz CT molecular complexity index is 1180. The van der Waals surface area contributed by atoms with Crippen molar-refractivity contribution in [3.8, 4) is 22.6 Å². The topological polar surface area (TPSA) is 42.0 Å². The Kier molecular flexibility index (Phi) is 9.24. The highest BCUT2D eigenvalue weighted by molar-refractivity contribution is 6.09. The lowest BCUT2D eigenvalue weighted by Crippen LogP contribution is -2.20. The van der Waals surface area contributed by atoms with Crippen LogP contribution in [-0.2, 0) is 6.54 Å². The standard InChI is InChI=1S/C30H36N2O3/c1-22-9-7-8-10-26(22)24-13-16-30(35-18-17-31(2)3)27(20-24)28(33)14-11-23-12-15-29(34-6)25(19-23)21-32(4)5/h7-16,19-20H,17-18,21H2,1-6H3/b14-11+. The number of methoxy groups -OCH3 is 1. The number of hydrogen-bond donors (Lipinski definition) is 0. The maximum absolute atomic E-state index is 13.4. The number of ether oxygens (including phenoxy) is 2. The molecule has 0 fully saturated rings. The van der Waals surface area contributed by atoms with Crippen LogP contribution < -0.4 is 9.47 Å². The van der Waals surface area contributed by atoms with Gasteiger partial charge in [-0.15, -0.1) is 0 Å². The van der Waals surface area contributed by atoms with E-state index in [1.54, 1.807) is 13.2 Å². The van der Waals surface area contributed by atoms with Gasteiger partial charge in [0.05, 0.1) is 12.7 Å². The summed E-state index contributed by atoms with van der Waals surface area (Å²) in [4.78, 5) is 17.5. The summed E-state index contributed by atoms with van der Waals surface area (Å²) in [7, 11) is 9.71. The Hall–Kier alpha value is -3.41. The van der Waals surface area contributed by atoms with E-state index in [2.05, 4.69) is 34.9 Å². The molecular weight excluding hydrogens is 436 g/mol. The third-order valence-corrected chi connectivity index (χ3v) is 5.72. The molecule has 0 N–H and O–H groups in total. The molecule has 5 nitrogen and oxygen atoms in total. The molecule has 0 radical (unpaired) electrons. The molecule has 0 heterocycles. The fourth-order valence-corrected chi connectivity index (χ4v) is 3.88. The molecule has 0 unspecified atom stereocenters. The number of benzene rings is 3. The van der Waals surface area contributed by atoms with E-state index in [-0.39, 0.29) is 5.78 Å². The zero-order valence-electron chi connectivity index (χ0n) is 21.7. The van der Waals surface area contributed by atoms with Crippen molar-refractivity contribution in [2.75, 3.05) is 48.5 Å². The van der Waals surface area contributed by atoms with Gasteiger partial charge in [-0.05, 0) is 87.7 Å². The highest BCUT2D eigenvalue weighted by Crippen LogP contribution is 2.30. The average Bonchev–Trinajstić information content (AvgIpc) is 2.82. The van der Waals surface area contributed by atoms with Gasteiger partial charge in [-0.2, -0.15) is 0 Å². The first kappa shape index (κ1) is 26.2. The summed E-state index contributed by atoms with van der Waals surface area (Å²) in [5.74, 6) is 1.34. The molecule has 0 saturated heterocycles. The van der Waals surface area contributed by atoms with Crippen LogP contribution in [0.3, 0.4) is 0 Å². The van der Waals surface area contributed by atoms with Crippen molar-refractivity contribution in [2.45, 2.75) is 13.5 Å². The van der Waals surface area contributed by atoms with E-state index in [4.69, 9.17) is 9.47 Å². The van der Waals surface area contributed by atoms with Crippen molar-refractivity contribution in [3.63, 3.8) is 0 Å². The lowest BCUT2D eigenvalue weighted by atomic mass is 9.97. The molecule has 35 heavy (non-hydrogen) atoms. The van der Waals surface area contributed by atoms with Gasteiger partial charge in [0, 0.05) is 18.7 Å². The largest absolute Gasteiger partial charge is 0.496 e. The lowest BCUT2D eigenvalue weighted by Gasteiger charge is -2.15. The Morgan fingerprint density at radius 1 is 0.914 bits per heavy atom. The molecule has 3 aromatic carbocycles. The molecule has 184 valence electrons. The van der Waals surface area contributed by atoms with E-state index in [1.165, 1.54) is 0 Å². The number of allylic oxidation sites excluding steroid dienone is 1. The minimum atomic E-state index is -0.0923. The monoisotopic (exact) mass is 472 g/mol. The molecule has 0 aliphatic heterocycles. The van der Waals surface area contributed by atoms with Crippen LogP contribution in [-0.4, -0.2) is 64.0 Å². The van der Waals surface area contributed by atoms with E-state index in [1.807, 2.05) is 76.7 Å². The van der Waals surface area contributed by atoms with E-state index < -0.39 is 0 Å².